The maximum atomic E-state index is 11.9. The van der Waals surface area contributed by atoms with E-state index in [2.05, 4.69) is 21.9 Å². The summed E-state index contributed by atoms with van der Waals surface area (Å²) < 4.78 is 0.673. The van der Waals surface area contributed by atoms with Gasteiger partial charge >= 0.3 is 0 Å². The number of rotatable bonds is 3. The van der Waals surface area contributed by atoms with Gasteiger partial charge in [-0.1, -0.05) is 19.4 Å². The third kappa shape index (κ3) is 2.60. The van der Waals surface area contributed by atoms with E-state index in [0.29, 0.717) is 9.39 Å². The molecule has 5 heteroatoms. The zero-order valence-electron chi connectivity index (χ0n) is 10.3. The summed E-state index contributed by atoms with van der Waals surface area (Å²) in [5.41, 5.74) is 2.50. The van der Waals surface area contributed by atoms with Gasteiger partial charge in [-0.3, -0.25) is 9.78 Å². The standard InChI is InChI=1S/C13H14IN3O/c1-3-5-9-10(14)13(18)17-12(16-9)11-8(2)6-4-7-15-11/h4,6-7H,3,5H2,1-2H3,(H,16,17,18). The monoisotopic (exact) mass is 355 g/mol. The molecule has 0 unspecified atom stereocenters. The van der Waals surface area contributed by atoms with Crippen LogP contribution in [-0.4, -0.2) is 15.0 Å². The Morgan fingerprint density at radius 2 is 2.22 bits per heavy atom. The van der Waals surface area contributed by atoms with E-state index in [-0.39, 0.29) is 5.56 Å². The van der Waals surface area contributed by atoms with E-state index in [4.69, 9.17) is 0 Å². The summed E-state index contributed by atoms with van der Waals surface area (Å²) in [6, 6.07) is 3.83. The fourth-order valence-corrected chi connectivity index (χ4v) is 2.28. The largest absolute Gasteiger partial charge is 0.304 e. The van der Waals surface area contributed by atoms with Crippen LogP contribution in [0, 0.1) is 10.5 Å². The number of nitrogens with one attached hydrogen (secondary N) is 1. The molecule has 1 N–H and O–H groups in total. The Hall–Kier alpha value is -1.24. The second kappa shape index (κ2) is 5.60. The van der Waals surface area contributed by atoms with Crippen molar-refractivity contribution >= 4 is 22.6 Å². The molecule has 0 spiro atoms. The van der Waals surface area contributed by atoms with Crippen molar-refractivity contribution in [3.63, 3.8) is 0 Å². The number of nitrogens with zero attached hydrogens (tertiary/aromatic N) is 2. The Balaban J connectivity index is 2.59. The first-order chi connectivity index (χ1) is 8.63. The van der Waals surface area contributed by atoms with Crippen molar-refractivity contribution in [2.45, 2.75) is 26.7 Å². The first-order valence-corrected chi connectivity index (χ1v) is 6.92. The number of H-pyrrole nitrogens is 1. The highest BCUT2D eigenvalue weighted by molar-refractivity contribution is 14.1. The van der Waals surface area contributed by atoms with Crippen LogP contribution in [0.25, 0.3) is 11.5 Å². The quantitative estimate of drug-likeness (QED) is 0.862. The Labute approximate surface area is 119 Å². The van der Waals surface area contributed by atoms with Crippen LogP contribution in [0.2, 0.25) is 0 Å². The number of aromatic nitrogens is 3. The van der Waals surface area contributed by atoms with Crippen molar-refractivity contribution in [3.8, 4) is 11.5 Å². The molecular weight excluding hydrogens is 341 g/mol. The zero-order chi connectivity index (χ0) is 13.1. The second-order valence-electron chi connectivity index (χ2n) is 4.09. The van der Waals surface area contributed by atoms with Crippen LogP contribution in [0.1, 0.15) is 24.6 Å². The van der Waals surface area contributed by atoms with E-state index in [1.807, 2.05) is 41.6 Å². The van der Waals surface area contributed by atoms with Crippen molar-refractivity contribution in [1.29, 1.82) is 0 Å². The first-order valence-electron chi connectivity index (χ1n) is 5.84. The second-order valence-corrected chi connectivity index (χ2v) is 5.17. The molecule has 0 aliphatic rings. The van der Waals surface area contributed by atoms with Gasteiger partial charge in [0.2, 0.25) is 0 Å². The van der Waals surface area contributed by atoms with Crippen LogP contribution < -0.4 is 5.56 Å². The van der Waals surface area contributed by atoms with Crippen LogP contribution in [0.4, 0.5) is 0 Å². The highest BCUT2D eigenvalue weighted by Gasteiger charge is 2.11. The average molecular weight is 355 g/mol. The predicted molar refractivity (Wildman–Crippen MR) is 79.5 cm³/mol. The van der Waals surface area contributed by atoms with Crippen LogP contribution in [0.5, 0.6) is 0 Å². The van der Waals surface area contributed by atoms with Gasteiger partial charge in [0.15, 0.2) is 5.82 Å². The van der Waals surface area contributed by atoms with Crippen molar-refractivity contribution in [2.75, 3.05) is 0 Å². The Morgan fingerprint density at radius 1 is 1.44 bits per heavy atom. The normalized spacial score (nSPS) is 10.6. The predicted octanol–water partition coefficient (Wildman–Crippen LogP) is 2.70. The Kier molecular flexibility index (Phi) is 4.11. The third-order valence-corrected chi connectivity index (χ3v) is 3.76. The fourth-order valence-electron chi connectivity index (χ4n) is 1.75. The van der Waals surface area contributed by atoms with Crippen molar-refractivity contribution in [2.24, 2.45) is 0 Å². The lowest BCUT2D eigenvalue weighted by molar-refractivity contribution is 0.858. The molecular formula is C13H14IN3O. The summed E-state index contributed by atoms with van der Waals surface area (Å²) in [5, 5.41) is 0. The van der Waals surface area contributed by atoms with E-state index >= 15 is 0 Å². The van der Waals surface area contributed by atoms with Gasteiger partial charge in [-0.05, 0) is 47.6 Å². The number of hydrogen-bond acceptors (Lipinski definition) is 3. The van der Waals surface area contributed by atoms with Crippen molar-refractivity contribution in [1.82, 2.24) is 15.0 Å². The van der Waals surface area contributed by atoms with Crippen LogP contribution in [0.3, 0.4) is 0 Å². The first kappa shape index (κ1) is 13.2. The molecule has 0 aliphatic heterocycles. The van der Waals surface area contributed by atoms with E-state index in [0.717, 1.165) is 29.8 Å². The molecule has 4 nitrogen and oxygen atoms in total. The number of aryl methyl sites for hydroxylation is 2. The molecule has 0 saturated carbocycles. The molecule has 0 aliphatic carbocycles. The number of halogens is 1. The topological polar surface area (TPSA) is 58.6 Å². The SMILES string of the molecule is CCCc1nc(-c2ncccc2C)[nH]c(=O)c1I. The Morgan fingerprint density at radius 3 is 2.89 bits per heavy atom. The van der Waals surface area contributed by atoms with Crippen molar-refractivity contribution < 1.29 is 0 Å². The van der Waals surface area contributed by atoms with Crippen LogP contribution in [0.15, 0.2) is 23.1 Å². The highest BCUT2D eigenvalue weighted by Crippen LogP contribution is 2.17. The van der Waals surface area contributed by atoms with Gasteiger partial charge in [0.05, 0.1) is 9.26 Å². The smallest absolute Gasteiger partial charge is 0.264 e. The van der Waals surface area contributed by atoms with Gasteiger partial charge in [-0.2, -0.15) is 0 Å². The summed E-state index contributed by atoms with van der Waals surface area (Å²) in [5.74, 6) is 0.557. The van der Waals surface area contributed by atoms with Gasteiger partial charge in [0.25, 0.3) is 5.56 Å². The average Bonchev–Trinajstić information content (AvgIpc) is 2.35. The lowest BCUT2D eigenvalue weighted by Gasteiger charge is -2.07. The number of hydrogen-bond donors (Lipinski definition) is 1. The molecule has 18 heavy (non-hydrogen) atoms. The molecule has 0 saturated heterocycles. The van der Waals surface area contributed by atoms with Gasteiger partial charge in [0.1, 0.15) is 5.69 Å². The fraction of sp³-hybridized carbons (Fsp3) is 0.308. The third-order valence-electron chi connectivity index (χ3n) is 2.65. The molecule has 0 radical (unpaired) electrons. The number of aromatic amines is 1. The molecule has 0 amide bonds. The molecule has 2 heterocycles. The van der Waals surface area contributed by atoms with Crippen LogP contribution >= 0.6 is 22.6 Å². The molecule has 0 fully saturated rings. The molecule has 0 atom stereocenters. The van der Waals surface area contributed by atoms with E-state index in [1.165, 1.54) is 0 Å². The van der Waals surface area contributed by atoms with Gasteiger partial charge in [-0.25, -0.2) is 4.98 Å². The molecule has 2 aromatic heterocycles. The lowest BCUT2D eigenvalue weighted by Crippen LogP contribution is -2.17. The minimum Gasteiger partial charge on any atom is -0.304 e. The van der Waals surface area contributed by atoms with E-state index in [1.54, 1.807) is 6.20 Å². The van der Waals surface area contributed by atoms with Gasteiger partial charge in [0, 0.05) is 6.20 Å². The lowest BCUT2D eigenvalue weighted by atomic mass is 10.2. The van der Waals surface area contributed by atoms with E-state index < -0.39 is 0 Å². The molecule has 2 rings (SSSR count). The molecule has 2 aromatic rings. The summed E-state index contributed by atoms with van der Waals surface area (Å²) in [4.78, 5) is 23.5. The van der Waals surface area contributed by atoms with Crippen molar-refractivity contribution in [3.05, 3.63) is 43.5 Å². The summed E-state index contributed by atoms with van der Waals surface area (Å²) in [6.45, 7) is 4.03. The molecule has 0 aromatic carbocycles. The van der Waals surface area contributed by atoms with Gasteiger partial charge in [-0.15, -0.1) is 0 Å². The van der Waals surface area contributed by atoms with E-state index in [9.17, 15) is 4.79 Å². The summed E-state index contributed by atoms with van der Waals surface area (Å²) in [7, 11) is 0. The highest BCUT2D eigenvalue weighted by atomic mass is 127. The number of pyridine rings is 1. The summed E-state index contributed by atoms with van der Waals surface area (Å²) in [6.07, 6.45) is 3.48. The zero-order valence-corrected chi connectivity index (χ0v) is 12.5. The van der Waals surface area contributed by atoms with Crippen LogP contribution in [-0.2, 0) is 6.42 Å². The molecule has 94 valence electrons. The minimum atomic E-state index is -0.0888. The van der Waals surface area contributed by atoms with Gasteiger partial charge < -0.3 is 4.98 Å². The maximum absolute atomic E-state index is 11.9. The molecule has 0 bridgehead atoms. The minimum absolute atomic E-state index is 0.0888. The summed E-state index contributed by atoms with van der Waals surface area (Å²) >= 11 is 2.05. The Bertz CT molecular complexity index is 622. The maximum Gasteiger partial charge on any atom is 0.264 e.